The Kier molecular flexibility index (Phi) is 3.83. The van der Waals surface area contributed by atoms with Gasteiger partial charge in [-0.25, -0.2) is 4.39 Å². The molecule has 0 unspecified atom stereocenters. The summed E-state index contributed by atoms with van der Waals surface area (Å²) in [5, 5.41) is 0. The molecular formula is C12H16FNO. The van der Waals surface area contributed by atoms with Crippen molar-refractivity contribution in [3.8, 4) is 0 Å². The molecule has 2 nitrogen and oxygen atoms in total. The Balaban J connectivity index is 2.92. The highest BCUT2D eigenvalue weighted by atomic mass is 19.1. The van der Waals surface area contributed by atoms with E-state index in [0.29, 0.717) is 6.54 Å². The summed E-state index contributed by atoms with van der Waals surface area (Å²) in [7, 11) is 0. The molecule has 0 saturated carbocycles. The molecule has 1 rings (SSSR count). The van der Waals surface area contributed by atoms with Gasteiger partial charge in [0.1, 0.15) is 5.82 Å². The second-order valence-electron chi connectivity index (χ2n) is 3.71. The van der Waals surface area contributed by atoms with Crippen LogP contribution in [-0.2, 0) is 4.79 Å². The first-order valence-corrected chi connectivity index (χ1v) is 5.13. The molecular weight excluding hydrogens is 193 g/mol. The summed E-state index contributed by atoms with van der Waals surface area (Å²) in [6.45, 7) is 6.22. The number of hydrogen-bond acceptors (Lipinski definition) is 1. The lowest BCUT2D eigenvalue weighted by Crippen LogP contribution is -2.33. The van der Waals surface area contributed by atoms with E-state index in [9.17, 15) is 9.18 Å². The lowest BCUT2D eigenvalue weighted by atomic mass is 10.1. The number of halogens is 1. The van der Waals surface area contributed by atoms with E-state index in [-0.39, 0.29) is 17.6 Å². The van der Waals surface area contributed by atoms with Crippen molar-refractivity contribution >= 4 is 11.6 Å². The largest absolute Gasteiger partial charge is 0.312 e. The van der Waals surface area contributed by atoms with Crippen molar-refractivity contribution in [3.05, 3.63) is 30.1 Å². The third-order valence-corrected chi connectivity index (χ3v) is 2.21. The third-order valence-electron chi connectivity index (χ3n) is 2.21. The van der Waals surface area contributed by atoms with Crippen LogP contribution in [-0.4, -0.2) is 12.5 Å². The van der Waals surface area contributed by atoms with Crippen LogP contribution in [0.1, 0.15) is 20.8 Å². The minimum absolute atomic E-state index is 0.0463. The molecule has 1 aromatic rings. The molecule has 0 aliphatic carbocycles. The van der Waals surface area contributed by atoms with Gasteiger partial charge in [-0.15, -0.1) is 0 Å². The predicted molar refractivity (Wildman–Crippen MR) is 59.3 cm³/mol. The van der Waals surface area contributed by atoms with Gasteiger partial charge in [0.25, 0.3) is 0 Å². The maximum Gasteiger partial charge on any atom is 0.229 e. The monoisotopic (exact) mass is 209 g/mol. The molecule has 0 saturated heterocycles. The molecule has 82 valence electrons. The standard InChI is InChI=1S/C12H16FNO/c1-4-14(12(15)9(2)3)11-7-5-10(13)6-8-11/h5-9H,4H2,1-3H3. The van der Waals surface area contributed by atoms with Crippen LogP contribution in [0.15, 0.2) is 24.3 Å². The lowest BCUT2D eigenvalue weighted by Gasteiger charge is -2.22. The van der Waals surface area contributed by atoms with Crippen LogP contribution in [0.3, 0.4) is 0 Å². The van der Waals surface area contributed by atoms with E-state index in [2.05, 4.69) is 0 Å². The fourth-order valence-electron chi connectivity index (χ4n) is 1.40. The zero-order valence-corrected chi connectivity index (χ0v) is 9.33. The first kappa shape index (κ1) is 11.7. The summed E-state index contributed by atoms with van der Waals surface area (Å²) in [4.78, 5) is 13.4. The Morgan fingerprint density at radius 1 is 1.33 bits per heavy atom. The van der Waals surface area contributed by atoms with Gasteiger partial charge in [0.2, 0.25) is 5.91 Å². The fraction of sp³-hybridized carbons (Fsp3) is 0.417. The van der Waals surface area contributed by atoms with Crippen LogP contribution in [0.2, 0.25) is 0 Å². The number of carbonyl (C=O) groups is 1. The maximum atomic E-state index is 12.7. The van der Waals surface area contributed by atoms with E-state index in [1.807, 2.05) is 20.8 Å². The highest BCUT2D eigenvalue weighted by Gasteiger charge is 2.16. The Hall–Kier alpha value is -1.38. The van der Waals surface area contributed by atoms with Crippen molar-refractivity contribution in [2.24, 2.45) is 5.92 Å². The summed E-state index contributed by atoms with van der Waals surface area (Å²) in [6, 6.07) is 5.98. The van der Waals surface area contributed by atoms with Crippen molar-refractivity contribution in [2.75, 3.05) is 11.4 Å². The van der Waals surface area contributed by atoms with Crippen molar-refractivity contribution in [1.29, 1.82) is 0 Å². The summed E-state index contributed by atoms with van der Waals surface area (Å²) in [5.41, 5.74) is 0.748. The normalized spacial score (nSPS) is 10.5. The minimum Gasteiger partial charge on any atom is -0.312 e. The van der Waals surface area contributed by atoms with Crippen LogP contribution in [0, 0.1) is 11.7 Å². The number of hydrogen-bond donors (Lipinski definition) is 0. The first-order valence-electron chi connectivity index (χ1n) is 5.13. The number of rotatable bonds is 3. The van der Waals surface area contributed by atoms with Crippen molar-refractivity contribution in [1.82, 2.24) is 0 Å². The molecule has 0 aliphatic rings. The average molecular weight is 209 g/mol. The SMILES string of the molecule is CCN(C(=O)C(C)C)c1ccc(F)cc1. The average Bonchev–Trinajstić information content (AvgIpc) is 2.21. The van der Waals surface area contributed by atoms with E-state index < -0.39 is 0 Å². The molecule has 0 spiro atoms. The second-order valence-corrected chi connectivity index (χ2v) is 3.71. The van der Waals surface area contributed by atoms with E-state index in [1.165, 1.54) is 12.1 Å². The number of nitrogens with zero attached hydrogens (tertiary/aromatic N) is 1. The number of benzene rings is 1. The molecule has 0 aromatic heterocycles. The van der Waals surface area contributed by atoms with Crippen LogP contribution in [0.4, 0.5) is 10.1 Å². The molecule has 1 amide bonds. The Morgan fingerprint density at radius 3 is 2.27 bits per heavy atom. The van der Waals surface area contributed by atoms with Crippen LogP contribution >= 0.6 is 0 Å². The predicted octanol–water partition coefficient (Wildman–Crippen LogP) is 2.83. The zero-order valence-electron chi connectivity index (χ0n) is 9.33. The smallest absolute Gasteiger partial charge is 0.229 e. The van der Waals surface area contributed by atoms with Gasteiger partial charge in [-0.1, -0.05) is 13.8 Å². The van der Waals surface area contributed by atoms with Crippen LogP contribution in [0.25, 0.3) is 0 Å². The first-order chi connectivity index (χ1) is 7.06. The molecule has 1 aromatic carbocycles. The number of amides is 1. The molecule has 0 aliphatic heterocycles. The molecule has 15 heavy (non-hydrogen) atoms. The van der Waals surface area contributed by atoms with Gasteiger partial charge >= 0.3 is 0 Å². The quantitative estimate of drug-likeness (QED) is 0.749. The molecule has 0 atom stereocenters. The Labute approximate surface area is 89.7 Å². The highest BCUT2D eigenvalue weighted by molar-refractivity contribution is 5.94. The van der Waals surface area contributed by atoms with Crippen LogP contribution in [0.5, 0.6) is 0 Å². The van der Waals surface area contributed by atoms with E-state index in [1.54, 1.807) is 17.0 Å². The number of anilines is 1. The van der Waals surface area contributed by atoms with E-state index >= 15 is 0 Å². The molecule has 0 radical (unpaired) electrons. The van der Waals surface area contributed by atoms with E-state index in [0.717, 1.165) is 5.69 Å². The molecule has 0 heterocycles. The fourth-order valence-corrected chi connectivity index (χ4v) is 1.40. The lowest BCUT2D eigenvalue weighted by molar-refractivity contribution is -0.121. The maximum absolute atomic E-state index is 12.7. The van der Waals surface area contributed by atoms with Gasteiger partial charge in [0.15, 0.2) is 0 Å². The van der Waals surface area contributed by atoms with Crippen molar-refractivity contribution in [2.45, 2.75) is 20.8 Å². The van der Waals surface area contributed by atoms with Crippen molar-refractivity contribution < 1.29 is 9.18 Å². The van der Waals surface area contributed by atoms with Crippen LogP contribution < -0.4 is 4.90 Å². The summed E-state index contributed by atoms with van der Waals surface area (Å²) < 4.78 is 12.7. The number of carbonyl (C=O) groups excluding carboxylic acids is 1. The minimum atomic E-state index is -0.285. The van der Waals surface area contributed by atoms with Gasteiger partial charge in [-0.05, 0) is 31.2 Å². The van der Waals surface area contributed by atoms with Gasteiger partial charge in [-0.3, -0.25) is 4.79 Å². The Morgan fingerprint density at radius 2 is 1.87 bits per heavy atom. The molecule has 0 bridgehead atoms. The van der Waals surface area contributed by atoms with Gasteiger partial charge in [0, 0.05) is 18.2 Å². The third kappa shape index (κ3) is 2.78. The summed E-state index contributed by atoms with van der Waals surface area (Å²) in [6.07, 6.45) is 0. The van der Waals surface area contributed by atoms with Crippen molar-refractivity contribution in [3.63, 3.8) is 0 Å². The van der Waals surface area contributed by atoms with E-state index in [4.69, 9.17) is 0 Å². The summed E-state index contributed by atoms with van der Waals surface area (Å²) >= 11 is 0. The molecule has 0 N–H and O–H groups in total. The Bertz CT molecular complexity index is 332. The molecule has 0 fully saturated rings. The second kappa shape index (κ2) is 4.91. The zero-order chi connectivity index (χ0) is 11.4. The summed E-state index contributed by atoms with van der Waals surface area (Å²) in [5.74, 6) is -0.272. The molecule has 3 heteroatoms. The van der Waals surface area contributed by atoms with Gasteiger partial charge < -0.3 is 4.90 Å². The highest BCUT2D eigenvalue weighted by Crippen LogP contribution is 2.16. The topological polar surface area (TPSA) is 20.3 Å². The van der Waals surface area contributed by atoms with Gasteiger partial charge in [-0.2, -0.15) is 0 Å². The van der Waals surface area contributed by atoms with Gasteiger partial charge in [0.05, 0.1) is 0 Å².